The number of halogens is 4. The molecular weight excluding hydrogens is 299 g/mol. The largest absolute Gasteiger partial charge is 0.416 e. The van der Waals surface area contributed by atoms with Crippen LogP contribution in [0.5, 0.6) is 0 Å². The van der Waals surface area contributed by atoms with Gasteiger partial charge in [0.25, 0.3) is 0 Å². The van der Waals surface area contributed by atoms with Gasteiger partial charge in [0.1, 0.15) is 0 Å². The quantitative estimate of drug-likeness (QED) is 0.779. The molecule has 0 bridgehead atoms. The van der Waals surface area contributed by atoms with Gasteiger partial charge in [0.15, 0.2) is 0 Å². The van der Waals surface area contributed by atoms with Crippen LogP contribution in [0.1, 0.15) is 22.3 Å². The van der Waals surface area contributed by atoms with Crippen molar-refractivity contribution in [3.63, 3.8) is 0 Å². The zero-order chi connectivity index (χ0) is 15.6. The van der Waals surface area contributed by atoms with Crippen LogP contribution in [0.15, 0.2) is 36.4 Å². The van der Waals surface area contributed by atoms with E-state index in [-0.39, 0.29) is 10.7 Å². The number of rotatable bonds is 3. The van der Waals surface area contributed by atoms with Crippen LogP contribution in [0.4, 0.5) is 18.9 Å². The van der Waals surface area contributed by atoms with Crippen molar-refractivity contribution in [2.24, 2.45) is 0 Å². The zero-order valence-electron chi connectivity index (χ0n) is 11.7. The molecule has 0 fully saturated rings. The molecule has 0 saturated carbocycles. The van der Waals surface area contributed by atoms with E-state index in [0.717, 1.165) is 28.8 Å². The molecule has 2 rings (SSSR count). The van der Waals surface area contributed by atoms with Crippen LogP contribution in [0.3, 0.4) is 0 Å². The summed E-state index contributed by atoms with van der Waals surface area (Å²) in [6.07, 6.45) is -4.38. The summed E-state index contributed by atoms with van der Waals surface area (Å²) < 4.78 is 38.2. The molecule has 2 aromatic carbocycles. The third-order valence-corrected chi connectivity index (χ3v) is 3.72. The molecule has 21 heavy (non-hydrogen) atoms. The first-order valence-electron chi connectivity index (χ1n) is 6.45. The van der Waals surface area contributed by atoms with Crippen LogP contribution in [0.25, 0.3) is 0 Å². The Kier molecular flexibility index (Phi) is 4.47. The zero-order valence-corrected chi connectivity index (χ0v) is 12.4. The molecule has 5 heteroatoms. The van der Waals surface area contributed by atoms with E-state index in [9.17, 15) is 13.2 Å². The fourth-order valence-electron chi connectivity index (χ4n) is 2.15. The maximum Gasteiger partial charge on any atom is 0.416 e. The second-order valence-electron chi connectivity index (χ2n) is 4.92. The van der Waals surface area contributed by atoms with Gasteiger partial charge in [-0.05, 0) is 48.7 Å². The second-order valence-corrected chi connectivity index (χ2v) is 5.32. The number of hydrogen-bond acceptors (Lipinski definition) is 1. The third kappa shape index (κ3) is 3.70. The second kappa shape index (κ2) is 5.98. The summed E-state index contributed by atoms with van der Waals surface area (Å²) in [5.41, 5.74) is 2.81. The first kappa shape index (κ1) is 15.7. The van der Waals surface area contributed by atoms with Crippen molar-refractivity contribution in [1.82, 2.24) is 0 Å². The average molecular weight is 314 g/mol. The molecular formula is C16H15ClF3N. The van der Waals surface area contributed by atoms with Crippen LogP contribution >= 0.6 is 11.6 Å². The molecule has 2 aromatic rings. The highest BCUT2D eigenvalue weighted by molar-refractivity contribution is 6.33. The van der Waals surface area contributed by atoms with E-state index >= 15 is 0 Å². The summed E-state index contributed by atoms with van der Waals surface area (Å²) in [5, 5.41) is 3.26. The van der Waals surface area contributed by atoms with Gasteiger partial charge in [0.05, 0.1) is 16.3 Å². The van der Waals surface area contributed by atoms with E-state index in [1.54, 1.807) is 0 Å². The number of aryl methyl sites for hydroxylation is 2. The smallest absolute Gasteiger partial charge is 0.380 e. The highest BCUT2D eigenvalue weighted by Gasteiger charge is 2.30. The summed E-state index contributed by atoms with van der Waals surface area (Å²) in [6, 6.07) is 9.17. The number of nitrogens with one attached hydrogen (secondary N) is 1. The lowest BCUT2D eigenvalue weighted by Crippen LogP contribution is -2.08. The Hall–Kier alpha value is -1.68. The van der Waals surface area contributed by atoms with Crippen molar-refractivity contribution < 1.29 is 13.2 Å². The Bertz CT molecular complexity index is 630. The van der Waals surface area contributed by atoms with Gasteiger partial charge in [0.2, 0.25) is 0 Å². The lowest BCUT2D eigenvalue weighted by molar-refractivity contribution is -0.137. The van der Waals surface area contributed by atoms with E-state index in [2.05, 4.69) is 5.32 Å². The third-order valence-electron chi connectivity index (χ3n) is 3.39. The van der Waals surface area contributed by atoms with Crippen LogP contribution < -0.4 is 5.32 Å². The SMILES string of the molecule is Cc1cccc(C)c1CNc1cc(C(F)(F)F)ccc1Cl. The topological polar surface area (TPSA) is 12.0 Å². The first-order chi connectivity index (χ1) is 9.79. The molecule has 0 aliphatic carbocycles. The summed E-state index contributed by atoms with van der Waals surface area (Å²) in [5.74, 6) is 0. The van der Waals surface area contributed by atoms with E-state index < -0.39 is 11.7 Å². The molecule has 0 radical (unpaired) electrons. The Morgan fingerprint density at radius 2 is 1.67 bits per heavy atom. The number of benzene rings is 2. The average Bonchev–Trinajstić information content (AvgIpc) is 2.38. The highest BCUT2D eigenvalue weighted by atomic mass is 35.5. The molecule has 0 atom stereocenters. The van der Waals surface area contributed by atoms with Gasteiger partial charge in [-0.2, -0.15) is 13.2 Å². The minimum Gasteiger partial charge on any atom is -0.380 e. The van der Waals surface area contributed by atoms with Gasteiger partial charge in [-0.15, -0.1) is 0 Å². The highest BCUT2D eigenvalue weighted by Crippen LogP contribution is 2.34. The molecule has 1 N–H and O–H groups in total. The van der Waals surface area contributed by atoms with E-state index in [0.29, 0.717) is 6.54 Å². The van der Waals surface area contributed by atoms with E-state index in [4.69, 9.17) is 11.6 Å². The Morgan fingerprint density at radius 1 is 1.05 bits per heavy atom. The standard InChI is InChI=1S/C16H15ClF3N/c1-10-4-3-5-11(2)13(10)9-21-15-8-12(16(18,19)20)6-7-14(15)17/h3-8,21H,9H2,1-2H3. The van der Waals surface area contributed by atoms with E-state index in [1.165, 1.54) is 6.07 Å². The molecule has 0 aliphatic heterocycles. The maximum atomic E-state index is 12.7. The minimum absolute atomic E-state index is 0.272. The first-order valence-corrected chi connectivity index (χ1v) is 6.82. The van der Waals surface area contributed by atoms with Crippen LogP contribution in [-0.2, 0) is 12.7 Å². The Balaban J connectivity index is 2.24. The molecule has 112 valence electrons. The molecule has 1 nitrogen and oxygen atoms in total. The van der Waals surface area contributed by atoms with Gasteiger partial charge in [-0.25, -0.2) is 0 Å². The van der Waals surface area contributed by atoms with Crippen molar-refractivity contribution in [2.45, 2.75) is 26.6 Å². The van der Waals surface area contributed by atoms with Crippen molar-refractivity contribution in [1.29, 1.82) is 0 Å². The molecule has 0 heterocycles. The van der Waals surface area contributed by atoms with Crippen molar-refractivity contribution in [2.75, 3.05) is 5.32 Å². The molecule has 0 saturated heterocycles. The normalized spacial score (nSPS) is 11.5. The van der Waals surface area contributed by atoms with Gasteiger partial charge in [-0.3, -0.25) is 0 Å². The monoisotopic (exact) mass is 313 g/mol. The fraction of sp³-hybridized carbons (Fsp3) is 0.250. The number of alkyl halides is 3. The van der Waals surface area contributed by atoms with Gasteiger partial charge in [0, 0.05) is 6.54 Å². The van der Waals surface area contributed by atoms with Crippen LogP contribution in [-0.4, -0.2) is 0 Å². The lowest BCUT2D eigenvalue weighted by Gasteiger charge is -2.15. The minimum atomic E-state index is -4.38. The van der Waals surface area contributed by atoms with Crippen molar-refractivity contribution in [3.8, 4) is 0 Å². The molecule has 0 unspecified atom stereocenters. The van der Waals surface area contributed by atoms with Crippen molar-refractivity contribution >= 4 is 17.3 Å². The number of hydrogen-bond donors (Lipinski definition) is 1. The predicted octanol–water partition coefficient (Wildman–Crippen LogP) is 5.59. The van der Waals surface area contributed by atoms with Crippen LogP contribution in [0.2, 0.25) is 5.02 Å². The molecule has 0 aromatic heterocycles. The summed E-state index contributed by atoms with van der Waals surface area (Å²) in [4.78, 5) is 0. The van der Waals surface area contributed by atoms with Gasteiger partial charge >= 0.3 is 6.18 Å². The van der Waals surface area contributed by atoms with Gasteiger partial charge in [-0.1, -0.05) is 29.8 Å². The molecule has 0 aliphatic rings. The maximum absolute atomic E-state index is 12.7. The van der Waals surface area contributed by atoms with Gasteiger partial charge < -0.3 is 5.32 Å². The Labute approximate surface area is 126 Å². The summed E-state index contributed by atoms with van der Waals surface area (Å²) in [6.45, 7) is 4.37. The molecule has 0 amide bonds. The predicted molar refractivity (Wildman–Crippen MR) is 79.7 cm³/mol. The summed E-state index contributed by atoms with van der Waals surface area (Å²) >= 11 is 5.96. The van der Waals surface area contributed by atoms with E-state index in [1.807, 2.05) is 32.0 Å². The van der Waals surface area contributed by atoms with Crippen molar-refractivity contribution in [3.05, 3.63) is 63.7 Å². The van der Waals surface area contributed by atoms with Crippen LogP contribution in [0, 0.1) is 13.8 Å². The lowest BCUT2D eigenvalue weighted by atomic mass is 10.0. The summed E-state index contributed by atoms with van der Waals surface area (Å²) in [7, 11) is 0. The fourth-order valence-corrected chi connectivity index (χ4v) is 2.33. The number of anilines is 1. The Morgan fingerprint density at radius 3 is 2.24 bits per heavy atom. The molecule has 0 spiro atoms.